The Bertz CT molecular complexity index is 784. The van der Waals surface area contributed by atoms with E-state index in [-0.39, 0.29) is 35.7 Å². The molecule has 0 aliphatic rings. The van der Waals surface area contributed by atoms with Crippen molar-refractivity contribution in [1.29, 1.82) is 0 Å². The Morgan fingerprint density at radius 2 is 1.79 bits per heavy atom. The number of phenolic OH excluding ortho intramolecular Hbond substituents is 1. The monoisotopic (exact) mass is 328 g/mol. The third-order valence-electron chi connectivity index (χ3n) is 3.42. The van der Waals surface area contributed by atoms with Crippen molar-refractivity contribution >= 4 is 23.1 Å². The molecular formula is C17H16N2O5. The molecule has 0 aliphatic heterocycles. The first-order valence-corrected chi connectivity index (χ1v) is 7.24. The largest absolute Gasteiger partial charge is 0.506 e. The van der Waals surface area contributed by atoms with Gasteiger partial charge in [0, 0.05) is 30.5 Å². The van der Waals surface area contributed by atoms with Crippen LogP contribution in [0.15, 0.2) is 42.5 Å². The summed E-state index contributed by atoms with van der Waals surface area (Å²) in [6, 6.07) is 10.3. The second-order valence-electron chi connectivity index (χ2n) is 5.30. The number of nitrogens with one attached hydrogen (secondary N) is 1. The SMILES string of the molecule is Cc1ccc(C(=O)CCC(=O)Nc2cc([N+](=O)[O-])ccc2O)cc1. The maximum Gasteiger partial charge on any atom is 0.271 e. The van der Waals surface area contributed by atoms with Gasteiger partial charge in [-0.2, -0.15) is 0 Å². The highest BCUT2D eigenvalue weighted by Gasteiger charge is 2.14. The first-order valence-electron chi connectivity index (χ1n) is 7.24. The number of non-ortho nitro benzene ring substituents is 1. The quantitative estimate of drug-likeness (QED) is 0.366. The Morgan fingerprint density at radius 3 is 2.42 bits per heavy atom. The molecule has 24 heavy (non-hydrogen) atoms. The number of phenols is 1. The van der Waals surface area contributed by atoms with Crippen molar-refractivity contribution in [3.63, 3.8) is 0 Å². The van der Waals surface area contributed by atoms with Crippen LogP contribution in [0.4, 0.5) is 11.4 Å². The van der Waals surface area contributed by atoms with Gasteiger partial charge in [0.25, 0.3) is 5.69 Å². The minimum atomic E-state index is -0.629. The molecule has 0 bridgehead atoms. The number of hydrogen-bond donors (Lipinski definition) is 2. The molecule has 0 saturated heterocycles. The van der Waals surface area contributed by atoms with Crippen molar-refractivity contribution in [2.75, 3.05) is 5.32 Å². The number of hydrogen-bond acceptors (Lipinski definition) is 5. The van der Waals surface area contributed by atoms with Crippen LogP contribution < -0.4 is 5.32 Å². The molecule has 0 saturated carbocycles. The zero-order chi connectivity index (χ0) is 17.7. The van der Waals surface area contributed by atoms with Gasteiger partial charge in [0.2, 0.25) is 5.91 Å². The van der Waals surface area contributed by atoms with Crippen LogP contribution in [0.3, 0.4) is 0 Å². The van der Waals surface area contributed by atoms with Crippen LogP contribution in [-0.4, -0.2) is 21.7 Å². The van der Waals surface area contributed by atoms with E-state index < -0.39 is 10.8 Å². The summed E-state index contributed by atoms with van der Waals surface area (Å²) in [6.07, 6.45) is -0.0839. The molecule has 2 aromatic carbocycles. The predicted molar refractivity (Wildman–Crippen MR) is 88.1 cm³/mol. The molecule has 2 aromatic rings. The number of anilines is 1. The van der Waals surface area contributed by atoms with Gasteiger partial charge < -0.3 is 10.4 Å². The lowest BCUT2D eigenvalue weighted by molar-refractivity contribution is -0.384. The normalized spacial score (nSPS) is 10.2. The topological polar surface area (TPSA) is 110 Å². The summed E-state index contributed by atoms with van der Waals surface area (Å²) in [5, 5.41) is 22.7. The van der Waals surface area contributed by atoms with Crippen LogP contribution in [0.2, 0.25) is 0 Å². The number of amides is 1. The van der Waals surface area contributed by atoms with Crippen LogP contribution in [0.25, 0.3) is 0 Å². The Morgan fingerprint density at radius 1 is 1.12 bits per heavy atom. The Labute approximate surface area is 138 Å². The van der Waals surface area contributed by atoms with Crippen LogP contribution in [0.5, 0.6) is 5.75 Å². The summed E-state index contributed by atoms with van der Waals surface area (Å²) >= 11 is 0. The first kappa shape index (κ1) is 17.1. The molecule has 0 aromatic heterocycles. The maximum absolute atomic E-state index is 12.0. The fourth-order valence-electron chi connectivity index (χ4n) is 2.06. The smallest absolute Gasteiger partial charge is 0.271 e. The van der Waals surface area contributed by atoms with E-state index in [9.17, 15) is 24.8 Å². The van der Waals surface area contributed by atoms with Crippen molar-refractivity contribution < 1.29 is 19.6 Å². The number of ketones is 1. The van der Waals surface area contributed by atoms with Crippen molar-refractivity contribution in [3.8, 4) is 5.75 Å². The molecule has 0 unspecified atom stereocenters. The number of aromatic hydroxyl groups is 1. The number of benzene rings is 2. The highest BCUT2D eigenvalue weighted by molar-refractivity contribution is 6.00. The van der Waals surface area contributed by atoms with Crippen LogP contribution in [0.1, 0.15) is 28.8 Å². The van der Waals surface area contributed by atoms with Gasteiger partial charge in [0.15, 0.2) is 5.78 Å². The van der Waals surface area contributed by atoms with Gasteiger partial charge in [-0.05, 0) is 13.0 Å². The molecule has 124 valence electrons. The van der Waals surface area contributed by atoms with Gasteiger partial charge in [0.1, 0.15) is 5.75 Å². The second-order valence-corrected chi connectivity index (χ2v) is 5.30. The number of aryl methyl sites for hydroxylation is 1. The number of nitro benzene ring substituents is 1. The lowest BCUT2D eigenvalue weighted by Gasteiger charge is -2.07. The number of carbonyl (C=O) groups is 2. The van der Waals surface area contributed by atoms with E-state index in [2.05, 4.69) is 5.32 Å². The van der Waals surface area contributed by atoms with Gasteiger partial charge in [-0.3, -0.25) is 19.7 Å². The Hall–Kier alpha value is -3.22. The van der Waals surface area contributed by atoms with E-state index in [1.54, 1.807) is 12.1 Å². The molecule has 1 amide bonds. The Balaban J connectivity index is 1.96. The molecule has 0 fully saturated rings. The molecule has 2 rings (SSSR count). The summed E-state index contributed by atoms with van der Waals surface area (Å²) in [6.45, 7) is 1.91. The highest BCUT2D eigenvalue weighted by Crippen LogP contribution is 2.27. The molecule has 0 atom stereocenters. The molecule has 0 radical (unpaired) electrons. The van der Waals surface area contributed by atoms with Crippen molar-refractivity contribution in [2.45, 2.75) is 19.8 Å². The molecule has 7 heteroatoms. The van der Waals surface area contributed by atoms with Crippen LogP contribution in [-0.2, 0) is 4.79 Å². The van der Waals surface area contributed by atoms with Gasteiger partial charge in [-0.1, -0.05) is 29.8 Å². The van der Waals surface area contributed by atoms with Gasteiger partial charge >= 0.3 is 0 Å². The lowest BCUT2D eigenvalue weighted by Crippen LogP contribution is -2.13. The molecule has 0 heterocycles. The first-order chi connectivity index (χ1) is 11.4. The summed E-state index contributed by atoms with van der Waals surface area (Å²) in [7, 11) is 0. The minimum absolute atomic E-state index is 0.00455. The van der Waals surface area contributed by atoms with Crippen molar-refractivity contribution in [2.24, 2.45) is 0 Å². The summed E-state index contributed by atoms with van der Waals surface area (Å²) < 4.78 is 0. The van der Waals surface area contributed by atoms with Crippen LogP contribution in [0, 0.1) is 17.0 Å². The lowest BCUT2D eigenvalue weighted by atomic mass is 10.0. The molecule has 0 spiro atoms. The Kier molecular flexibility index (Phi) is 5.26. The van der Waals surface area contributed by atoms with E-state index in [0.29, 0.717) is 5.56 Å². The zero-order valence-corrected chi connectivity index (χ0v) is 13.0. The van der Waals surface area contributed by atoms with E-state index in [1.807, 2.05) is 19.1 Å². The van der Waals surface area contributed by atoms with Crippen LogP contribution >= 0.6 is 0 Å². The predicted octanol–water partition coefficient (Wildman–Crippen LogP) is 3.21. The number of carbonyl (C=O) groups excluding carboxylic acids is 2. The van der Waals surface area contributed by atoms with E-state index >= 15 is 0 Å². The van der Waals surface area contributed by atoms with E-state index in [1.165, 1.54) is 0 Å². The van der Waals surface area contributed by atoms with Gasteiger partial charge in [-0.15, -0.1) is 0 Å². The molecule has 0 aliphatic carbocycles. The second kappa shape index (κ2) is 7.36. The maximum atomic E-state index is 12.0. The average molecular weight is 328 g/mol. The van der Waals surface area contributed by atoms with Crippen molar-refractivity contribution in [3.05, 3.63) is 63.7 Å². The third kappa shape index (κ3) is 4.39. The number of Topliss-reactive ketones (excluding diaryl/α,β-unsaturated/α-hetero) is 1. The highest BCUT2D eigenvalue weighted by atomic mass is 16.6. The van der Waals surface area contributed by atoms with E-state index in [0.717, 1.165) is 23.8 Å². The average Bonchev–Trinajstić information content (AvgIpc) is 2.55. The molecule has 7 nitrogen and oxygen atoms in total. The minimum Gasteiger partial charge on any atom is -0.506 e. The molecular weight excluding hydrogens is 312 g/mol. The third-order valence-corrected chi connectivity index (χ3v) is 3.42. The summed E-state index contributed by atoms with van der Waals surface area (Å²) in [5.74, 6) is -0.960. The van der Waals surface area contributed by atoms with Crippen molar-refractivity contribution in [1.82, 2.24) is 0 Å². The summed E-state index contributed by atoms with van der Waals surface area (Å²) in [4.78, 5) is 34.0. The fourth-order valence-corrected chi connectivity index (χ4v) is 2.06. The molecule has 2 N–H and O–H groups in total. The zero-order valence-electron chi connectivity index (χ0n) is 13.0. The van der Waals surface area contributed by atoms with Gasteiger partial charge in [-0.25, -0.2) is 0 Å². The number of rotatable bonds is 6. The number of nitrogens with zero attached hydrogens (tertiary/aromatic N) is 1. The standard InChI is InChI=1S/C17H16N2O5/c1-11-2-4-12(5-3-11)15(20)8-9-17(22)18-14-10-13(19(23)24)6-7-16(14)21/h2-7,10,21H,8-9H2,1H3,(H,18,22). The van der Waals surface area contributed by atoms with E-state index in [4.69, 9.17) is 0 Å². The summed E-state index contributed by atoms with van der Waals surface area (Å²) in [5.41, 5.74) is 1.24. The number of nitro groups is 1. The fraction of sp³-hybridized carbons (Fsp3) is 0.176. The van der Waals surface area contributed by atoms with Gasteiger partial charge in [0.05, 0.1) is 10.6 Å².